The van der Waals surface area contributed by atoms with E-state index < -0.39 is 0 Å². The third kappa shape index (κ3) is 5.31. The van der Waals surface area contributed by atoms with Gasteiger partial charge in [0.25, 0.3) is 5.91 Å². The van der Waals surface area contributed by atoms with Crippen molar-refractivity contribution in [3.8, 4) is 5.75 Å². The Balaban J connectivity index is 1.48. The van der Waals surface area contributed by atoms with E-state index in [-0.39, 0.29) is 5.91 Å². The predicted molar refractivity (Wildman–Crippen MR) is 108 cm³/mol. The molecule has 3 rings (SSSR count). The lowest BCUT2D eigenvalue weighted by atomic mass is 10.0. The van der Waals surface area contributed by atoms with Gasteiger partial charge in [0, 0.05) is 44.3 Å². The van der Waals surface area contributed by atoms with Crippen molar-refractivity contribution in [2.45, 2.75) is 12.5 Å². The van der Waals surface area contributed by atoms with Gasteiger partial charge in [-0.25, -0.2) is 0 Å². The Morgan fingerprint density at radius 2 is 1.85 bits per heavy atom. The maximum atomic E-state index is 12.3. The van der Waals surface area contributed by atoms with Crippen LogP contribution in [0.15, 0.2) is 54.6 Å². The van der Waals surface area contributed by atoms with Crippen molar-refractivity contribution in [3.63, 3.8) is 0 Å². The van der Waals surface area contributed by atoms with Crippen LogP contribution < -0.4 is 10.1 Å². The first-order valence-electron chi connectivity index (χ1n) is 9.57. The summed E-state index contributed by atoms with van der Waals surface area (Å²) in [6.45, 7) is 4.85. The number of methoxy groups -OCH3 is 1. The molecule has 0 radical (unpaired) electrons. The van der Waals surface area contributed by atoms with E-state index in [9.17, 15) is 4.79 Å². The lowest BCUT2D eigenvalue weighted by molar-refractivity contribution is 0.0866. The van der Waals surface area contributed by atoms with Crippen LogP contribution in [0.4, 0.5) is 0 Å². The lowest BCUT2D eigenvalue weighted by Gasteiger charge is -2.40. The van der Waals surface area contributed by atoms with Crippen LogP contribution in [-0.4, -0.2) is 62.6 Å². The lowest BCUT2D eigenvalue weighted by Crippen LogP contribution is -2.47. The molecule has 27 heavy (non-hydrogen) atoms. The van der Waals surface area contributed by atoms with E-state index in [4.69, 9.17) is 4.74 Å². The zero-order valence-corrected chi connectivity index (χ0v) is 16.2. The minimum Gasteiger partial charge on any atom is -0.497 e. The number of ether oxygens (including phenoxy) is 1. The molecule has 1 saturated heterocycles. The van der Waals surface area contributed by atoms with E-state index in [1.54, 1.807) is 19.2 Å². The van der Waals surface area contributed by atoms with Crippen molar-refractivity contribution < 1.29 is 9.53 Å². The van der Waals surface area contributed by atoms with E-state index in [1.807, 2.05) is 12.1 Å². The van der Waals surface area contributed by atoms with Gasteiger partial charge in [-0.05, 0) is 43.3 Å². The van der Waals surface area contributed by atoms with Crippen LogP contribution in [0.3, 0.4) is 0 Å². The third-order valence-corrected chi connectivity index (χ3v) is 5.14. The first kappa shape index (κ1) is 19.4. The summed E-state index contributed by atoms with van der Waals surface area (Å²) >= 11 is 0. The largest absolute Gasteiger partial charge is 0.497 e. The Bertz CT molecular complexity index is 718. The molecule has 0 aromatic heterocycles. The average molecular weight is 367 g/mol. The van der Waals surface area contributed by atoms with E-state index >= 15 is 0 Å². The maximum absolute atomic E-state index is 12.3. The van der Waals surface area contributed by atoms with Gasteiger partial charge >= 0.3 is 0 Å². The predicted octanol–water partition coefficient (Wildman–Crippen LogP) is 2.80. The normalized spacial score (nSPS) is 18.2. The van der Waals surface area contributed by atoms with Crippen LogP contribution in [0.5, 0.6) is 5.75 Å². The van der Waals surface area contributed by atoms with Crippen LogP contribution >= 0.6 is 0 Å². The Morgan fingerprint density at radius 3 is 2.56 bits per heavy atom. The van der Waals surface area contributed by atoms with Crippen LogP contribution in [0.25, 0.3) is 0 Å². The number of hydrogen-bond donors (Lipinski definition) is 1. The van der Waals surface area contributed by atoms with Gasteiger partial charge in [0.15, 0.2) is 0 Å². The summed E-state index contributed by atoms with van der Waals surface area (Å²) in [7, 11) is 3.80. The fourth-order valence-electron chi connectivity index (χ4n) is 3.54. The van der Waals surface area contributed by atoms with Gasteiger partial charge in [0.05, 0.1) is 7.11 Å². The molecule has 144 valence electrons. The van der Waals surface area contributed by atoms with Crippen molar-refractivity contribution in [3.05, 3.63) is 65.7 Å². The number of benzene rings is 2. The smallest absolute Gasteiger partial charge is 0.251 e. The molecule has 0 unspecified atom stereocenters. The first-order valence-corrected chi connectivity index (χ1v) is 9.57. The molecular weight excluding hydrogens is 338 g/mol. The molecule has 1 atom stereocenters. The highest BCUT2D eigenvalue weighted by Crippen LogP contribution is 2.24. The number of likely N-dealkylation sites (N-methyl/N-ethyl adjacent to an activating group) is 1. The van der Waals surface area contributed by atoms with Gasteiger partial charge in [0.1, 0.15) is 5.75 Å². The summed E-state index contributed by atoms with van der Waals surface area (Å²) in [4.78, 5) is 17.2. The van der Waals surface area contributed by atoms with Gasteiger partial charge in [-0.2, -0.15) is 0 Å². The third-order valence-electron chi connectivity index (χ3n) is 5.14. The molecule has 1 fully saturated rings. The van der Waals surface area contributed by atoms with E-state index in [2.05, 4.69) is 52.5 Å². The molecule has 5 nitrogen and oxygen atoms in total. The van der Waals surface area contributed by atoms with Crippen molar-refractivity contribution >= 4 is 5.91 Å². The summed E-state index contributed by atoms with van der Waals surface area (Å²) in [5.74, 6) is 0.726. The van der Waals surface area contributed by atoms with Gasteiger partial charge in [0.2, 0.25) is 0 Å². The summed E-state index contributed by atoms with van der Waals surface area (Å²) in [6, 6.07) is 18.3. The molecular formula is C22H29N3O2. The van der Waals surface area contributed by atoms with Crippen LogP contribution in [-0.2, 0) is 0 Å². The van der Waals surface area contributed by atoms with Gasteiger partial charge in [-0.3, -0.25) is 9.69 Å². The number of nitrogens with one attached hydrogen (secondary N) is 1. The second-order valence-electron chi connectivity index (χ2n) is 7.06. The van der Waals surface area contributed by atoms with Crippen molar-refractivity contribution in [1.29, 1.82) is 0 Å². The van der Waals surface area contributed by atoms with E-state index in [0.29, 0.717) is 18.2 Å². The average Bonchev–Trinajstić information content (AvgIpc) is 2.72. The van der Waals surface area contributed by atoms with E-state index in [1.165, 1.54) is 5.56 Å². The highest BCUT2D eigenvalue weighted by Gasteiger charge is 2.25. The summed E-state index contributed by atoms with van der Waals surface area (Å²) in [6.07, 6.45) is 0.939. The fourth-order valence-corrected chi connectivity index (χ4v) is 3.54. The molecule has 2 aromatic rings. The van der Waals surface area contributed by atoms with Gasteiger partial charge in [-0.1, -0.05) is 30.3 Å². The Labute approximate surface area is 161 Å². The van der Waals surface area contributed by atoms with Crippen LogP contribution in [0.1, 0.15) is 28.4 Å². The number of piperazine rings is 1. The molecule has 0 saturated carbocycles. The van der Waals surface area contributed by atoms with Crippen LogP contribution in [0, 0.1) is 0 Å². The summed E-state index contributed by atoms with van der Waals surface area (Å²) < 4.78 is 5.13. The van der Waals surface area contributed by atoms with E-state index in [0.717, 1.165) is 38.3 Å². The van der Waals surface area contributed by atoms with Gasteiger partial charge in [-0.15, -0.1) is 0 Å². The number of hydrogen-bond acceptors (Lipinski definition) is 4. The minimum absolute atomic E-state index is 0.0318. The molecule has 1 heterocycles. The van der Waals surface area contributed by atoms with Crippen LogP contribution in [0.2, 0.25) is 0 Å². The summed E-state index contributed by atoms with van der Waals surface area (Å²) in [5.41, 5.74) is 2.03. The summed E-state index contributed by atoms with van der Waals surface area (Å²) in [5, 5.41) is 3.02. The molecule has 0 bridgehead atoms. The standard InChI is InChI=1S/C22H29N3O2/c1-24-15-16-25(21(17-24)18-7-4-3-5-8-18)14-6-13-23-22(26)19-9-11-20(27-2)12-10-19/h3-5,7-12,21H,6,13-17H2,1-2H3,(H,23,26)/t21-/m1/s1. The number of rotatable bonds is 7. The van der Waals surface area contributed by atoms with Crippen molar-refractivity contribution in [2.75, 3.05) is 46.9 Å². The Kier molecular flexibility index (Phi) is 6.85. The topological polar surface area (TPSA) is 44.8 Å². The number of nitrogens with zero attached hydrogens (tertiary/aromatic N) is 2. The second kappa shape index (κ2) is 9.53. The second-order valence-corrected chi connectivity index (χ2v) is 7.06. The number of carbonyl (C=O) groups is 1. The zero-order valence-electron chi connectivity index (χ0n) is 16.2. The molecule has 1 N–H and O–H groups in total. The van der Waals surface area contributed by atoms with Crippen molar-refractivity contribution in [2.24, 2.45) is 0 Å². The maximum Gasteiger partial charge on any atom is 0.251 e. The Morgan fingerprint density at radius 1 is 1.11 bits per heavy atom. The molecule has 2 aromatic carbocycles. The highest BCUT2D eigenvalue weighted by atomic mass is 16.5. The number of amides is 1. The molecule has 1 aliphatic rings. The molecule has 0 aliphatic carbocycles. The van der Waals surface area contributed by atoms with Crippen molar-refractivity contribution in [1.82, 2.24) is 15.1 Å². The molecule has 0 spiro atoms. The highest BCUT2D eigenvalue weighted by molar-refractivity contribution is 5.94. The number of carbonyl (C=O) groups excluding carboxylic acids is 1. The van der Waals surface area contributed by atoms with Gasteiger partial charge < -0.3 is 15.0 Å². The molecule has 1 aliphatic heterocycles. The Hall–Kier alpha value is -2.37. The zero-order chi connectivity index (χ0) is 19.1. The molecule has 5 heteroatoms. The monoisotopic (exact) mass is 367 g/mol. The first-order chi connectivity index (χ1) is 13.2. The fraction of sp³-hybridized carbons (Fsp3) is 0.409. The molecule has 1 amide bonds. The minimum atomic E-state index is -0.0318. The quantitative estimate of drug-likeness (QED) is 0.765. The SMILES string of the molecule is COc1ccc(C(=O)NCCCN2CCN(C)C[C@@H]2c2ccccc2)cc1.